The van der Waals surface area contributed by atoms with E-state index in [-0.39, 0.29) is 12.0 Å². The zero-order valence-electron chi connectivity index (χ0n) is 10.1. The molecule has 1 aromatic carbocycles. The summed E-state index contributed by atoms with van der Waals surface area (Å²) in [6, 6.07) is 7.82. The molecule has 2 N–H and O–H groups in total. The Kier molecular flexibility index (Phi) is 4.74. The fraction of sp³-hybridized carbons (Fsp3) is 0.462. The van der Waals surface area contributed by atoms with Gasteiger partial charge in [-0.2, -0.15) is 0 Å². The van der Waals surface area contributed by atoms with E-state index in [4.69, 9.17) is 10.5 Å². The van der Waals surface area contributed by atoms with Gasteiger partial charge in [0.05, 0.1) is 19.1 Å². The van der Waals surface area contributed by atoms with Crippen LogP contribution in [0, 0.1) is 0 Å². The van der Waals surface area contributed by atoms with Crippen LogP contribution in [0.2, 0.25) is 0 Å². The lowest BCUT2D eigenvalue weighted by atomic mass is 10.1. The molecule has 1 fully saturated rings. The number of hydrogen-bond acceptors (Lipinski definition) is 3. The molecular formula is C13H17BrN2O2. The Labute approximate surface area is 115 Å². The third kappa shape index (κ3) is 3.54. The summed E-state index contributed by atoms with van der Waals surface area (Å²) in [5, 5.41) is 0. The minimum atomic E-state index is -0.0207. The molecule has 0 spiro atoms. The fourth-order valence-electron chi connectivity index (χ4n) is 1.98. The zero-order chi connectivity index (χ0) is 13.0. The molecule has 98 valence electrons. The van der Waals surface area contributed by atoms with E-state index in [1.54, 1.807) is 0 Å². The molecular weight excluding hydrogens is 296 g/mol. The largest absolute Gasteiger partial charge is 0.373 e. The predicted molar refractivity (Wildman–Crippen MR) is 73.2 cm³/mol. The number of nitrogens with two attached hydrogens (primary N) is 1. The van der Waals surface area contributed by atoms with E-state index in [0.29, 0.717) is 32.7 Å². The van der Waals surface area contributed by atoms with Crippen molar-refractivity contribution in [3.8, 4) is 0 Å². The van der Waals surface area contributed by atoms with Crippen molar-refractivity contribution in [2.24, 2.45) is 5.73 Å². The molecule has 0 bridgehead atoms. The first-order valence-corrected chi connectivity index (χ1v) is 6.82. The van der Waals surface area contributed by atoms with Gasteiger partial charge in [-0.3, -0.25) is 4.79 Å². The lowest BCUT2D eigenvalue weighted by Crippen LogP contribution is -2.48. The molecule has 1 heterocycles. The molecule has 1 atom stereocenters. The molecule has 0 radical (unpaired) electrons. The van der Waals surface area contributed by atoms with E-state index < -0.39 is 0 Å². The van der Waals surface area contributed by atoms with Crippen LogP contribution < -0.4 is 5.73 Å². The minimum Gasteiger partial charge on any atom is -0.373 e. The van der Waals surface area contributed by atoms with E-state index in [0.717, 1.165) is 10.0 Å². The van der Waals surface area contributed by atoms with Gasteiger partial charge in [-0.1, -0.05) is 28.1 Å². The molecule has 1 amide bonds. The maximum Gasteiger partial charge on any atom is 0.227 e. The van der Waals surface area contributed by atoms with E-state index in [2.05, 4.69) is 15.9 Å². The van der Waals surface area contributed by atoms with Crippen LogP contribution in [0.15, 0.2) is 28.7 Å². The second kappa shape index (κ2) is 6.31. The van der Waals surface area contributed by atoms with Crippen molar-refractivity contribution in [2.45, 2.75) is 12.5 Å². The van der Waals surface area contributed by atoms with Gasteiger partial charge in [-0.25, -0.2) is 0 Å². The number of morpholine rings is 1. The van der Waals surface area contributed by atoms with Crippen molar-refractivity contribution in [3.05, 3.63) is 34.3 Å². The first kappa shape index (κ1) is 13.5. The summed E-state index contributed by atoms with van der Waals surface area (Å²) in [6.07, 6.45) is 0.414. The Bertz CT molecular complexity index is 408. The van der Waals surface area contributed by atoms with Crippen LogP contribution in [0.25, 0.3) is 0 Å². The molecule has 0 saturated carbocycles. The summed E-state index contributed by atoms with van der Waals surface area (Å²) in [7, 11) is 0. The van der Waals surface area contributed by atoms with Gasteiger partial charge in [0, 0.05) is 24.1 Å². The van der Waals surface area contributed by atoms with Gasteiger partial charge < -0.3 is 15.4 Å². The Morgan fingerprint density at radius 2 is 2.17 bits per heavy atom. The molecule has 2 rings (SSSR count). The molecule has 0 aromatic heterocycles. The van der Waals surface area contributed by atoms with Crippen LogP contribution in [-0.4, -0.2) is 43.2 Å². The van der Waals surface area contributed by atoms with E-state index in [1.807, 2.05) is 29.2 Å². The molecule has 1 saturated heterocycles. The number of carbonyl (C=O) groups is 1. The molecule has 1 aliphatic rings. The monoisotopic (exact) mass is 312 g/mol. The maximum absolute atomic E-state index is 12.1. The van der Waals surface area contributed by atoms with Crippen LogP contribution in [0.3, 0.4) is 0 Å². The molecule has 4 nitrogen and oxygen atoms in total. The number of rotatable bonds is 3. The van der Waals surface area contributed by atoms with E-state index in [9.17, 15) is 4.79 Å². The molecule has 5 heteroatoms. The Hall–Kier alpha value is -0.910. The first-order valence-electron chi connectivity index (χ1n) is 6.03. The summed E-state index contributed by atoms with van der Waals surface area (Å²) in [5.74, 6) is 0.138. The quantitative estimate of drug-likeness (QED) is 0.912. The summed E-state index contributed by atoms with van der Waals surface area (Å²) >= 11 is 3.38. The van der Waals surface area contributed by atoms with Gasteiger partial charge in [-0.15, -0.1) is 0 Å². The van der Waals surface area contributed by atoms with Gasteiger partial charge in [0.2, 0.25) is 5.91 Å². The lowest BCUT2D eigenvalue weighted by Gasteiger charge is -2.32. The highest BCUT2D eigenvalue weighted by molar-refractivity contribution is 9.10. The predicted octanol–water partition coefficient (Wildman–Crippen LogP) is 1.18. The number of nitrogens with zero attached hydrogens (tertiary/aromatic N) is 1. The topological polar surface area (TPSA) is 55.6 Å². The van der Waals surface area contributed by atoms with Crippen LogP contribution in [0.5, 0.6) is 0 Å². The summed E-state index contributed by atoms with van der Waals surface area (Å²) in [4.78, 5) is 14.0. The smallest absolute Gasteiger partial charge is 0.227 e. The van der Waals surface area contributed by atoms with Crippen molar-refractivity contribution >= 4 is 21.8 Å². The normalized spacial score (nSPS) is 19.9. The number of hydrogen-bond donors (Lipinski definition) is 1. The number of amides is 1. The first-order chi connectivity index (χ1) is 8.69. The third-order valence-electron chi connectivity index (χ3n) is 3.02. The van der Waals surface area contributed by atoms with Crippen molar-refractivity contribution < 1.29 is 9.53 Å². The van der Waals surface area contributed by atoms with Gasteiger partial charge >= 0.3 is 0 Å². The van der Waals surface area contributed by atoms with Gasteiger partial charge in [0.15, 0.2) is 0 Å². The van der Waals surface area contributed by atoms with Gasteiger partial charge in [0.1, 0.15) is 0 Å². The minimum absolute atomic E-state index is 0.0207. The second-order valence-corrected chi connectivity index (χ2v) is 5.29. The van der Waals surface area contributed by atoms with Crippen molar-refractivity contribution in [3.63, 3.8) is 0 Å². The average molecular weight is 313 g/mol. The van der Waals surface area contributed by atoms with Crippen LogP contribution >= 0.6 is 15.9 Å². The van der Waals surface area contributed by atoms with Gasteiger partial charge in [-0.05, 0) is 17.7 Å². The zero-order valence-corrected chi connectivity index (χ0v) is 11.7. The van der Waals surface area contributed by atoms with Crippen LogP contribution in [0.1, 0.15) is 5.56 Å². The fourth-order valence-corrected chi connectivity index (χ4v) is 2.24. The third-order valence-corrected chi connectivity index (χ3v) is 3.55. The van der Waals surface area contributed by atoms with Crippen molar-refractivity contribution in [1.29, 1.82) is 0 Å². The number of carbonyl (C=O) groups excluding carboxylic acids is 1. The maximum atomic E-state index is 12.1. The van der Waals surface area contributed by atoms with Gasteiger partial charge in [0.25, 0.3) is 0 Å². The molecule has 18 heavy (non-hydrogen) atoms. The number of ether oxygens (including phenoxy) is 1. The highest BCUT2D eigenvalue weighted by Crippen LogP contribution is 2.12. The van der Waals surface area contributed by atoms with Crippen LogP contribution in [0.4, 0.5) is 0 Å². The molecule has 1 aromatic rings. The Balaban J connectivity index is 1.93. The standard InChI is InChI=1S/C13H17BrN2O2/c14-11-3-1-10(2-4-11)7-13(17)16-5-6-18-12(8-15)9-16/h1-4,12H,5-9,15H2. The van der Waals surface area contributed by atoms with E-state index in [1.165, 1.54) is 0 Å². The average Bonchev–Trinajstić information content (AvgIpc) is 2.41. The highest BCUT2D eigenvalue weighted by atomic mass is 79.9. The molecule has 0 aliphatic carbocycles. The van der Waals surface area contributed by atoms with Crippen molar-refractivity contribution in [2.75, 3.05) is 26.2 Å². The highest BCUT2D eigenvalue weighted by Gasteiger charge is 2.23. The number of benzene rings is 1. The van der Waals surface area contributed by atoms with Crippen LogP contribution in [-0.2, 0) is 16.0 Å². The SMILES string of the molecule is NCC1CN(C(=O)Cc2ccc(Br)cc2)CCO1. The summed E-state index contributed by atoms with van der Waals surface area (Å²) in [6.45, 7) is 2.30. The lowest BCUT2D eigenvalue weighted by molar-refractivity contribution is -0.137. The number of halogens is 1. The summed E-state index contributed by atoms with van der Waals surface area (Å²) in [5.41, 5.74) is 6.59. The second-order valence-electron chi connectivity index (χ2n) is 4.37. The van der Waals surface area contributed by atoms with Crippen molar-refractivity contribution in [1.82, 2.24) is 4.90 Å². The Morgan fingerprint density at radius 1 is 1.44 bits per heavy atom. The Morgan fingerprint density at radius 3 is 2.83 bits per heavy atom. The van der Waals surface area contributed by atoms with E-state index >= 15 is 0 Å². The summed E-state index contributed by atoms with van der Waals surface area (Å²) < 4.78 is 6.47. The molecule has 1 aliphatic heterocycles. The molecule has 1 unspecified atom stereocenters.